The standard InChI is InChI=1S/C23H35ClO5/c1-8-17(9-2)21(28-19-12-10-11-18(24)14-19)16(4)27-22(26)15(3)13-20(25)29-23(5,6)7/h10-12,14-17,21H,8-9,13H2,1-7H3/t15-,16+,21+/m1/s1. The van der Waals surface area contributed by atoms with E-state index < -0.39 is 29.6 Å². The fourth-order valence-corrected chi connectivity index (χ4v) is 3.29. The minimum absolute atomic E-state index is 0.0202. The number of benzene rings is 1. The van der Waals surface area contributed by atoms with Crippen LogP contribution in [0.15, 0.2) is 24.3 Å². The number of esters is 2. The Morgan fingerprint density at radius 2 is 1.72 bits per heavy atom. The summed E-state index contributed by atoms with van der Waals surface area (Å²) in [6.07, 6.45) is 0.954. The van der Waals surface area contributed by atoms with Gasteiger partial charge in [-0.1, -0.05) is 38.4 Å². The third-order valence-electron chi connectivity index (χ3n) is 4.64. The molecule has 3 atom stereocenters. The Hall–Kier alpha value is -1.75. The van der Waals surface area contributed by atoms with Gasteiger partial charge in [-0.25, -0.2) is 0 Å². The highest BCUT2D eigenvalue weighted by molar-refractivity contribution is 6.30. The molecule has 0 aliphatic carbocycles. The molecular formula is C23H35ClO5. The number of hydrogen-bond acceptors (Lipinski definition) is 5. The van der Waals surface area contributed by atoms with Crippen molar-refractivity contribution in [2.45, 2.75) is 85.5 Å². The smallest absolute Gasteiger partial charge is 0.309 e. The summed E-state index contributed by atoms with van der Waals surface area (Å²) < 4.78 is 17.2. The molecule has 0 fully saturated rings. The number of carbonyl (C=O) groups is 2. The van der Waals surface area contributed by atoms with Gasteiger partial charge in [0.2, 0.25) is 0 Å². The van der Waals surface area contributed by atoms with Gasteiger partial charge < -0.3 is 14.2 Å². The molecular weight excluding hydrogens is 392 g/mol. The first-order chi connectivity index (χ1) is 13.5. The molecule has 5 nitrogen and oxygen atoms in total. The molecule has 0 amide bonds. The van der Waals surface area contributed by atoms with Crippen LogP contribution in [-0.4, -0.2) is 29.7 Å². The van der Waals surface area contributed by atoms with Crippen LogP contribution in [0.2, 0.25) is 5.02 Å². The van der Waals surface area contributed by atoms with Crippen molar-refractivity contribution in [2.75, 3.05) is 0 Å². The van der Waals surface area contributed by atoms with Crippen molar-refractivity contribution in [1.29, 1.82) is 0 Å². The second-order valence-corrected chi connectivity index (χ2v) is 8.89. The van der Waals surface area contributed by atoms with Gasteiger partial charge in [-0.15, -0.1) is 0 Å². The maximum atomic E-state index is 12.6. The zero-order chi connectivity index (χ0) is 22.2. The minimum atomic E-state index is -0.596. The lowest BCUT2D eigenvalue weighted by Crippen LogP contribution is -2.40. The summed E-state index contributed by atoms with van der Waals surface area (Å²) in [5.74, 6) is -0.604. The molecule has 0 aromatic heterocycles. The average Bonchev–Trinajstić information content (AvgIpc) is 2.60. The lowest BCUT2D eigenvalue weighted by atomic mass is 9.93. The maximum absolute atomic E-state index is 12.6. The van der Waals surface area contributed by atoms with Crippen LogP contribution in [0.4, 0.5) is 0 Å². The molecule has 1 aromatic rings. The number of carbonyl (C=O) groups excluding carboxylic acids is 2. The molecule has 0 aliphatic rings. The van der Waals surface area contributed by atoms with Crippen molar-refractivity contribution in [3.63, 3.8) is 0 Å². The Balaban J connectivity index is 2.81. The maximum Gasteiger partial charge on any atom is 0.309 e. The number of hydrogen-bond donors (Lipinski definition) is 0. The predicted octanol–water partition coefficient (Wildman–Crippen LogP) is 5.82. The van der Waals surface area contributed by atoms with E-state index in [-0.39, 0.29) is 18.4 Å². The van der Waals surface area contributed by atoms with E-state index in [2.05, 4.69) is 13.8 Å². The Labute approximate surface area is 180 Å². The van der Waals surface area contributed by atoms with Crippen LogP contribution in [0.5, 0.6) is 5.75 Å². The predicted molar refractivity (Wildman–Crippen MR) is 115 cm³/mol. The van der Waals surface area contributed by atoms with Crippen LogP contribution in [0, 0.1) is 11.8 Å². The molecule has 0 heterocycles. The van der Waals surface area contributed by atoms with Crippen molar-refractivity contribution >= 4 is 23.5 Å². The molecule has 29 heavy (non-hydrogen) atoms. The first-order valence-corrected chi connectivity index (χ1v) is 10.7. The highest BCUT2D eigenvalue weighted by atomic mass is 35.5. The van der Waals surface area contributed by atoms with Gasteiger partial charge in [-0.05, 0) is 64.7 Å². The highest BCUT2D eigenvalue weighted by Crippen LogP contribution is 2.26. The Kier molecular flexibility index (Phi) is 9.97. The van der Waals surface area contributed by atoms with E-state index >= 15 is 0 Å². The molecule has 0 unspecified atom stereocenters. The second kappa shape index (κ2) is 11.4. The van der Waals surface area contributed by atoms with Gasteiger partial charge in [0, 0.05) is 5.02 Å². The van der Waals surface area contributed by atoms with E-state index in [1.165, 1.54) is 0 Å². The minimum Gasteiger partial charge on any atom is -0.486 e. The van der Waals surface area contributed by atoms with Crippen molar-refractivity contribution < 1.29 is 23.8 Å². The van der Waals surface area contributed by atoms with Crippen LogP contribution in [-0.2, 0) is 19.1 Å². The van der Waals surface area contributed by atoms with Crippen molar-refractivity contribution in [3.8, 4) is 5.75 Å². The summed E-state index contributed by atoms with van der Waals surface area (Å²) in [5, 5.41) is 0.585. The van der Waals surface area contributed by atoms with Crippen molar-refractivity contribution in [3.05, 3.63) is 29.3 Å². The molecule has 1 rings (SSSR count). The fraction of sp³-hybridized carbons (Fsp3) is 0.652. The van der Waals surface area contributed by atoms with Crippen LogP contribution >= 0.6 is 11.6 Å². The van der Waals surface area contributed by atoms with Crippen LogP contribution in [0.3, 0.4) is 0 Å². The van der Waals surface area contributed by atoms with Crippen molar-refractivity contribution in [1.82, 2.24) is 0 Å². The third-order valence-corrected chi connectivity index (χ3v) is 4.88. The van der Waals surface area contributed by atoms with E-state index in [4.69, 9.17) is 25.8 Å². The van der Waals surface area contributed by atoms with Gasteiger partial charge in [-0.3, -0.25) is 9.59 Å². The van der Waals surface area contributed by atoms with E-state index in [0.717, 1.165) is 12.8 Å². The lowest BCUT2D eigenvalue weighted by Gasteiger charge is -2.31. The van der Waals surface area contributed by atoms with E-state index in [0.29, 0.717) is 10.8 Å². The monoisotopic (exact) mass is 426 g/mol. The lowest BCUT2D eigenvalue weighted by molar-refractivity contribution is -0.166. The van der Waals surface area contributed by atoms with E-state index in [1.54, 1.807) is 39.8 Å². The second-order valence-electron chi connectivity index (χ2n) is 8.45. The first-order valence-electron chi connectivity index (χ1n) is 10.3. The van der Waals surface area contributed by atoms with Crippen LogP contribution < -0.4 is 4.74 Å². The van der Waals surface area contributed by atoms with Crippen molar-refractivity contribution in [2.24, 2.45) is 11.8 Å². The Morgan fingerprint density at radius 3 is 2.24 bits per heavy atom. The Bertz CT molecular complexity index is 663. The van der Waals surface area contributed by atoms with Crippen LogP contribution in [0.25, 0.3) is 0 Å². The van der Waals surface area contributed by atoms with Gasteiger partial charge in [0.15, 0.2) is 0 Å². The van der Waals surface area contributed by atoms with Gasteiger partial charge in [0.25, 0.3) is 0 Å². The molecule has 0 aliphatic heterocycles. The molecule has 6 heteroatoms. The highest BCUT2D eigenvalue weighted by Gasteiger charge is 2.31. The molecule has 1 aromatic carbocycles. The van der Waals surface area contributed by atoms with Gasteiger partial charge in [0.1, 0.15) is 23.6 Å². The van der Waals surface area contributed by atoms with Gasteiger partial charge in [0.05, 0.1) is 12.3 Å². The average molecular weight is 427 g/mol. The summed E-state index contributed by atoms with van der Waals surface area (Å²) in [7, 11) is 0. The summed E-state index contributed by atoms with van der Waals surface area (Å²) in [4.78, 5) is 24.6. The Morgan fingerprint density at radius 1 is 1.10 bits per heavy atom. The van der Waals surface area contributed by atoms with Crippen LogP contribution in [0.1, 0.15) is 67.7 Å². The summed E-state index contributed by atoms with van der Waals surface area (Å²) >= 11 is 6.07. The van der Waals surface area contributed by atoms with Gasteiger partial charge in [-0.2, -0.15) is 0 Å². The zero-order valence-corrected chi connectivity index (χ0v) is 19.4. The molecule has 0 spiro atoms. The first kappa shape index (κ1) is 25.3. The summed E-state index contributed by atoms with van der Waals surface area (Å²) in [6, 6.07) is 7.18. The molecule has 0 saturated carbocycles. The largest absolute Gasteiger partial charge is 0.486 e. The molecule has 0 N–H and O–H groups in total. The molecule has 0 radical (unpaired) electrons. The zero-order valence-electron chi connectivity index (χ0n) is 18.7. The SMILES string of the molecule is CCC(CC)[C@@H](Oc1cccc(Cl)c1)[C@H](C)OC(=O)[C@H](C)CC(=O)OC(C)(C)C. The molecule has 164 valence electrons. The summed E-state index contributed by atoms with van der Waals surface area (Å²) in [5.41, 5.74) is -0.584. The topological polar surface area (TPSA) is 61.8 Å². The van der Waals surface area contributed by atoms with E-state index in [9.17, 15) is 9.59 Å². The quantitative estimate of drug-likeness (QED) is 0.441. The normalized spacial score (nSPS) is 14.8. The fourth-order valence-electron chi connectivity index (χ4n) is 3.11. The summed E-state index contributed by atoms with van der Waals surface area (Å²) in [6.45, 7) is 13.1. The third kappa shape index (κ3) is 9.07. The number of ether oxygens (including phenoxy) is 3. The number of halogens is 1. The molecule has 0 bridgehead atoms. The molecule has 0 saturated heterocycles. The number of rotatable bonds is 10. The van der Waals surface area contributed by atoms with E-state index in [1.807, 2.05) is 19.1 Å². The van der Waals surface area contributed by atoms with Gasteiger partial charge >= 0.3 is 11.9 Å².